The van der Waals surface area contributed by atoms with Crippen molar-refractivity contribution in [3.63, 3.8) is 0 Å². The molecule has 3 heteroatoms. The summed E-state index contributed by atoms with van der Waals surface area (Å²) >= 11 is 1.73. The van der Waals surface area contributed by atoms with E-state index in [4.69, 9.17) is 0 Å². The SMILES string of the molecule is C(=C\c1cccs1)/c1cn2ccccc2n1. The van der Waals surface area contributed by atoms with Crippen LogP contribution in [0.3, 0.4) is 0 Å². The third-order valence-electron chi connectivity index (χ3n) is 2.34. The molecular weight excluding hydrogens is 216 g/mol. The van der Waals surface area contributed by atoms with Gasteiger partial charge < -0.3 is 4.40 Å². The zero-order chi connectivity index (χ0) is 10.8. The van der Waals surface area contributed by atoms with Gasteiger partial charge in [0, 0.05) is 17.3 Å². The Kier molecular flexibility index (Phi) is 2.31. The minimum Gasteiger partial charge on any atom is -0.306 e. The van der Waals surface area contributed by atoms with Crippen molar-refractivity contribution in [1.29, 1.82) is 0 Å². The van der Waals surface area contributed by atoms with Crippen LogP contribution in [0.4, 0.5) is 0 Å². The molecule has 2 nitrogen and oxygen atoms in total. The molecule has 3 aromatic rings. The molecule has 3 rings (SSSR count). The quantitative estimate of drug-likeness (QED) is 0.653. The molecule has 78 valence electrons. The Balaban J connectivity index is 1.95. The summed E-state index contributed by atoms with van der Waals surface area (Å²) in [7, 11) is 0. The van der Waals surface area contributed by atoms with Gasteiger partial charge >= 0.3 is 0 Å². The van der Waals surface area contributed by atoms with Crippen LogP contribution in [0.1, 0.15) is 10.6 Å². The van der Waals surface area contributed by atoms with Crippen molar-refractivity contribution in [3.05, 3.63) is 58.7 Å². The van der Waals surface area contributed by atoms with Crippen molar-refractivity contribution in [2.24, 2.45) is 0 Å². The van der Waals surface area contributed by atoms with Crippen LogP contribution in [0.5, 0.6) is 0 Å². The molecule has 0 saturated heterocycles. The Hall–Kier alpha value is -1.87. The van der Waals surface area contributed by atoms with Gasteiger partial charge in [0.15, 0.2) is 0 Å². The third-order valence-corrected chi connectivity index (χ3v) is 3.18. The number of hydrogen-bond acceptors (Lipinski definition) is 2. The third kappa shape index (κ3) is 1.77. The van der Waals surface area contributed by atoms with Crippen molar-refractivity contribution in [3.8, 4) is 0 Å². The number of hydrogen-bond donors (Lipinski definition) is 0. The second kappa shape index (κ2) is 3.94. The second-order valence-corrected chi connectivity index (χ2v) is 4.46. The van der Waals surface area contributed by atoms with Gasteiger partial charge in [-0.1, -0.05) is 12.1 Å². The monoisotopic (exact) mass is 226 g/mol. The van der Waals surface area contributed by atoms with E-state index in [2.05, 4.69) is 22.5 Å². The molecule has 0 unspecified atom stereocenters. The lowest BCUT2D eigenvalue weighted by Gasteiger charge is -1.86. The van der Waals surface area contributed by atoms with E-state index in [1.54, 1.807) is 11.3 Å². The molecule has 0 aliphatic heterocycles. The summed E-state index contributed by atoms with van der Waals surface area (Å²) in [5.74, 6) is 0. The average Bonchev–Trinajstić information content (AvgIpc) is 2.95. The van der Waals surface area contributed by atoms with E-state index >= 15 is 0 Å². The highest BCUT2D eigenvalue weighted by atomic mass is 32.1. The Bertz CT molecular complexity index is 587. The number of imidazole rings is 1. The molecule has 0 spiro atoms. The highest BCUT2D eigenvalue weighted by Gasteiger charge is 1.96. The molecule has 3 aromatic heterocycles. The average molecular weight is 226 g/mol. The maximum Gasteiger partial charge on any atom is 0.137 e. The molecule has 0 N–H and O–H groups in total. The zero-order valence-electron chi connectivity index (χ0n) is 8.58. The summed E-state index contributed by atoms with van der Waals surface area (Å²) in [6.07, 6.45) is 8.16. The van der Waals surface area contributed by atoms with Gasteiger partial charge in [0.1, 0.15) is 5.65 Å². The molecular formula is C13H10N2S. The van der Waals surface area contributed by atoms with E-state index in [1.165, 1.54) is 4.88 Å². The largest absolute Gasteiger partial charge is 0.306 e. The first kappa shape index (κ1) is 9.36. The Labute approximate surface area is 97.5 Å². The second-order valence-electron chi connectivity index (χ2n) is 3.48. The van der Waals surface area contributed by atoms with Crippen LogP contribution in [0.25, 0.3) is 17.8 Å². The van der Waals surface area contributed by atoms with Crippen LogP contribution in [0.2, 0.25) is 0 Å². The normalized spacial score (nSPS) is 11.5. The molecule has 0 atom stereocenters. The van der Waals surface area contributed by atoms with Crippen molar-refractivity contribution < 1.29 is 0 Å². The van der Waals surface area contributed by atoms with E-state index in [0.717, 1.165) is 11.3 Å². The number of nitrogens with zero attached hydrogens (tertiary/aromatic N) is 2. The molecule has 3 heterocycles. The van der Waals surface area contributed by atoms with Crippen LogP contribution >= 0.6 is 11.3 Å². The topological polar surface area (TPSA) is 17.3 Å². The predicted octanol–water partition coefficient (Wildman–Crippen LogP) is 3.57. The highest BCUT2D eigenvalue weighted by molar-refractivity contribution is 7.10. The summed E-state index contributed by atoms with van der Waals surface area (Å²) in [5.41, 5.74) is 1.97. The van der Waals surface area contributed by atoms with Crippen molar-refractivity contribution in [2.45, 2.75) is 0 Å². The van der Waals surface area contributed by atoms with Crippen molar-refractivity contribution in [2.75, 3.05) is 0 Å². The minimum atomic E-state index is 0.980. The van der Waals surface area contributed by atoms with E-state index in [0.29, 0.717) is 0 Å². The molecule has 0 fully saturated rings. The fraction of sp³-hybridized carbons (Fsp3) is 0. The predicted molar refractivity (Wildman–Crippen MR) is 68.4 cm³/mol. The molecule has 0 bridgehead atoms. The van der Waals surface area contributed by atoms with Gasteiger partial charge in [-0.15, -0.1) is 11.3 Å². The Morgan fingerprint density at radius 1 is 1.12 bits per heavy atom. The van der Waals surface area contributed by atoms with Gasteiger partial charge in [-0.2, -0.15) is 0 Å². The van der Waals surface area contributed by atoms with E-state index in [9.17, 15) is 0 Å². The number of aromatic nitrogens is 2. The van der Waals surface area contributed by atoms with Crippen molar-refractivity contribution >= 4 is 29.1 Å². The van der Waals surface area contributed by atoms with E-state index in [1.807, 2.05) is 47.1 Å². The summed E-state index contributed by atoms with van der Waals surface area (Å²) in [6, 6.07) is 10.1. The first-order valence-corrected chi connectivity index (χ1v) is 5.95. The Morgan fingerprint density at radius 2 is 2.12 bits per heavy atom. The first-order chi connectivity index (χ1) is 7.92. The molecule has 0 amide bonds. The van der Waals surface area contributed by atoms with Gasteiger partial charge in [-0.3, -0.25) is 0 Å². The Morgan fingerprint density at radius 3 is 2.94 bits per heavy atom. The molecule has 0 saturated carbocycles. The highest BCUT2D eigenvalue weighted by Crippen LogP contribution is 2.13. The smallest absolute Gasteiger partial charge is 0.137 e. The zero-order valence-corrected chi connectivity index (χ0v) is 9.39. The van der Waals surface area contributed by atoms with E-state index in [-0.39, 0.29) is 0 Å². The summed E-state index contributed by atoms with van der Waals surface area (Å²) in [6.45, 7) is 0. The van der Waals surface area contributed by atoms with Crippen LogP contribution < -0.4 is 0 Å². The molecule has 0 aliphatic rings. The molecule has 0 radical (unpaired) electrons. The molecule has 0 aromatic carbocycles. The number of thiophene rings is 1. The lowest BCUT2D eigenvalue weighted by molar-refractivity contribution is 1.19. The van der Waals surface area contributed by atoms with Gasteiger partial charge in [0.25, 0.3) is 0 Å². The lowest BCUT2D eigenvalue weighted by Crippen LogP contribution is -1.77. The fourth-order valence-electron chi connectivity index (χ4n) is 1.59. The number of rotatable bonds is 2. The van der Waals surface area contributed by atoms with Gasteiger partial charge in [0.05, 0.1) is 5.69 Å². The maximum atomic E-state index is 4.49. The fourth-order valence-corrected chi connectivity index (χ4v) is 2.21. The maximum absolute atomic E-state index is 4.49. The molecule has 16 heavy (non-hydrogen) atoms. The van der Waals surface area contributed by atoms with Crippen LogP contribution in [0.15, 0.2) is 48.1 Å². The van der Waals surface area contributed by atoms with Crippen LogP contribution in [0, 0.1) is 0 Å². The number of pyridine rings is 1. The lowest BCUT2D eigenvalue weighted by atomic mass is 10.3. The molecule has 0 aliphatic carbocycles. The summed E-state index contributed by atoms with van der Waals surface area (Å²) < 4.78 is 2.02. The minimum absolute atomic E-state index is 0.980. The summed E-state index contributed by atoms with van der Waals surface area (Å²) in [4.78, 5) is 5.74. The van der Waals surface area contributed by atoms with Gasteiger partial charge in [-0.25, -0.2) is 4.98 Å². The van der Waals surface area contributed by atoms with E-state index < -0.39 is 0 Å². The first-order valence-electron chi connectivity index (χ1n) is 5.07. The van der Waals surface area contributed by atoms with Gasteiger partial charge in [0.2, 0.25) is 0 Å². The number of fused-ring (bicyclic) bond motifs is 1. The van der Waals surface area contributed by atoms with Crippen LogP contribution in [-0.2, 0) is 0 Å². The van der Waals surface area contributed by atoms with Crippen molar-refractivity contribution in [1.82, 2.24) is 9.38 Å². The van der Waals surface area contributed by atoms with Crippen LogP contribution in [-0.4, -0.2) is 9.38 Å². The summed E-state index contributed by atoms with van der Waals surface area (Å²) in [5, 5.41) is 2.07. The standard InChI is InChI=1S/C13H10N2S/c1-2-8-15-10-11(14-13(15)5-1)6-7-12-4-3-9-16-12/h1-10H/b7-6+. The van der Waals surface area contributed by atoms with Gasteiger partial charge in [-0.05, 0) is 35.7 Å².